The van der Waals surface area contributed by atoms with Crippen LogP contribution in [0, 0.1) is 0 Å². The number of hydrogen-bond acceptors (Lipinski definition) is 4. The lowest BCUT2D eigenvalue weighted by atomic mass is 9.97. The van der Waals surface area contributed by atoms with E-state index in [1.54, 1.807) is 32.4 Å². The van der Waals surface area contributed by atoms with E-state index in [0.717, 1.165) is 11.3 Å². The van der Waals surface area contributed by atoms with Gasteiger partial charge in [0, 0.05) is 19.2 Å². The molecular weight excluding hydrogens is 320 g/mol. The number of benzene rings is 2. The van der Waals surface area contributed by atoms with Crippen LogP contribution in [-0.4, -0.2) is 17.6 Å². The van der Waals surface area contributed by atoms with Gasteiger partial charge in [0.1, 0.15) is 5.75 Å². The maximum Gasteiger partial charge on any atom is 0.419 e. The minimum Gasteiger partial charge on any atom is -0.497 e. The molecule has 130 valence electrons. The molecule has 0 aliphatic carbocycles. The maximum absolute atomic E-state index is 12.3. The standard InChI is InChI=1S/C19H20N2O4/c1-12(13-5-4-6-15(10-13)24-3)9-18(22)20-14-7-8-17-16(11-14)21(2)19(23)25-17/h4-8,10-12H,9H2,1-3H3,(H,20,22)/t12-/m0/s1. The Morgan fingerprint density at radius 3 is 2.84 bits per heavy atom. The van der Waals surface area contributed by atoms with Gasteiger partial charge in [-0.3, -0.25) is 9.36 Å². The summed E-state index contributed by atoms with van der Waals surface area (Å²) in [5.41, 5.74) is 2.81. The molecule has 1 aromatic heterocycles. The van der Waals surface area contributed by atoms with Gasteiger partial charge in [-0.05, 0) is 41.8 Å². The molecule has 1 atom stereocenters. The average molecular weight is 340 g/mol. The number of aromatic nitrogens is 1. The van der Waals surface area contributed by atoms with Crippen molar-refractivity contribution in [1.29, 1.82) is 0 Å². The van der Waals surface area contributed by atoms with Crippen molar-refractivity contribution in [3.63, 3.8) is 0 Å². The summed E-state index contributed by atoms with van der Waals surface area (Å²) in [7, 11) is 3.25. The molecule has 6 heteroatoms. The number of aryl methyl sites for hydroxylation is 1. The Labute approximate surface area is 145 Å². The zero-order chi connectivity index (χ0) is 18.0. The molecule has 1 N–H and O–H groups in total. The highest BCUT2D eigenvalue weighted by molar-refractivity contribution is 5.93. The van der Waals surface area contributed by atoms with E-state index in [-0.39, 0.29) is 11.8 Å². The van der Waals surface area contributed by atoms with Crippen LogP contribution in [0.25, 0.3) is 11.1 Å². The van der Waals surface area contributed by atoms with Crippen molar-refractivity contribution in [2.45, 2.75) is 19.3 Å². The summed E-state index contributed by atoms with van der Waals surface area (Å²) in [6, 6.07) is 12.8. The van der Waals surface area contributed by atoms with E-state index in [9.17, 15) is 9.59 Å². The Balaban J connectivity index is 1.71. The van der Waals surface area contributed by atoms with Crippen molar-refractivity contribution in [2.24, 2.45) is 7.05 Å². The zero-order valence-corrected chi connectivity index (χ0v) is 14.4. The fourth-order valence-corrected chi connectivity index (χ4v) is 2.76. The van der Waals surface area contributed by atoms with Crippen LogP contribution in [0.15, 0.2) is 51.7 Å². The van der Waals surface area contributed by atoms with Gasteiger partial charge in [0.25, 0.3) is 0 Å². The van der Waals surface area contributed by atoms with Gasteiger partial charge >= 0.3 is 5.76 Å². The number of fused-ring (bicyclic) bond motifs is 1. The average Bonchev–Trinajstić information content (AvgIpc) is 2.89. The molecular formula is C19H20N2O4. The number of oxazole rings is 1. The van der Waals surface area contributed by atoms with Crippen molar-refractivity contribution in [3.8, 4) is 5.75 Å². The Morgan fingerprint density at radius 1 is 1.28 bits per heavy atom. The predicted octanol–water partition coefficient (Wildman–Crippen LogP) is 3.27. The van der Waals surface area contributed by atoms with Crippen molar-refractivity contribution in [2.75, 3.05) is 12.4 Å². The first-order valence-electron chi connectivity index (χ1n) is 8.01. The predicted molar refractivity (Wildman–Crippen MR) is 96.1 cm³/mol. The molecule has 3 aromatic rings. The normalized spacial score (nSPS) is 12.1. The Morgan fingerprint density at radius 2 is 2.08 bits per heavy atom. The number of rotatable bonds is 5. The molecule has 0 spiro atoms. The third-order valence-corrected chi connectivity index (χ3v) is 4.23. The highest BCUT2D eigenvalue weighted by Gasteiger charge is 2.13. The summed E-state index contributed by atoms with van der Waals surface area (Å²) in [6.45, 7) is 2.00. The number of nitrogens with zero attached hydrogens (tertiary/aromatic N) is 1. The minimum absolute atomic E-state index is 0.0529. The summed E-state index contributed by atoms with van der Waals surface area (Å²) in [5.74, 6) is 0.307. The summed E-state index contributed by atoms with van der Waals surface area (Å²) in [6.07, 6.45) is 0.343. The number of anilines is 1. The number of carbonyl (C=O) groups is 1. The Hall–Kier alpha value is -3.02. The van der Waals surface area contributed by atoms with Gasteiger partial charge in [0.05, 0.1) is 12.6 Å². The summed E-state index contributed by atoms with van der Waals surface area (Å²) < 4.78 is 11.7. The SMILES string of the molecule is COc1cccc([C@@H](C)CC(=O)Nc2ccc3oc(=O)n(C)c3c2)c1. The van der Waals surface area contributed by atoms with Gasteiger partial charge in [-0.25, -0.2) is 4.79 Å². The van der Waals surface area contributed by atoms with E-state index in [1.165, 1.54) is 4.57 Å². The molecule has 0 saturated carbocycles. The smallest absolute Gasteiger partial charge is 0.419 e. The third kappa shape index (κ3) is 3.57. The highest BCUT2D eigenvalue weighted by atomic mass is 16.5. The number of hydrogen-bond donors (Lipinski definition) is 1. The van der Waals surface area contributed by atoms with Crippen LogP contribution in [-0.2, 0) is 11.8 Å². The van der Waals surface area contributed by atoms with E-state index in [0.29, 0.717) is 23.2 Å². The Kier molecular flexibility index (Phi) is 4.61. The van der Waals surface area contributed by atoms with Crippen LogP contribution in [0.5, 0.6) is 5.75 Å². The third-order valence-electron chi connectivity index (χ3n) is 4.23. The lowest BCUT2D eigenvalue weighted by molar-refractivity contribution is -0.116. The fraction of sp³-hybridized carbons (Fsp3) is 0.263. The molecule has 25 heavy (non-hydrogen) atoms. The van der Waals surface area contributed by atoms with Crippen LogP contribution in [0.4, 0.5) is 5.69 Å². The monoisotopic (exact) mass is 340 g/mol. The van der Waals surface area contributed by atoms with E-state index < -0.39 is 5.76 Å². The molecule has 0 unspecified atom stereocenters. The lowest BCUT2D eigenvalue weighted by Gasteiger charge is -2.13. The van der Waals surface area contributed by atoms with Crippen LogP contribution in [0.2, 0.25) is 0 Å². The van der Waals surface area contributed by atoms with Crippen molar-refractivity contribution in [3.05, 3.63) is 58.6 Å². The van der Waals surface area contributed by atoms with Crippen LogP contribution in [0.3, 0.4) is 0 Å². The summed E-state index contributed by atoms with van der Waals surface area (Å²) >= 11 is 0. The molecule has 1 amide bonds. The first kappa shape index (κ1) is 16.8. The van der Waals surface area contributed by atoms with Gasteiger partial charge in [0.2, 0.25) is 5.91 Å². The maximum atomic E-state index is 12.3. The van der Waals surface area contributed by atoms with Gasteiger partial charge in [-0.1, -0.05) is 19.1 Å². The van der Waals surface area contributed by atoms with Crippen molar-refractivity contribution in [1.82, 2.24) is 4.57 Å². The number of amides is 1. The zero-order valence-electron chi connectivity index (χ0n) is 14.4. The molecule has 0 aliphatic heterocycles. The molecule has 3 rings (SSSR count). The van der Waals surface area contributed by atoms with E-state index in [4.69, 9.17) is 9.15 Å². The highest BCUT2D eigenvalue weighted by Crippen LogP contribution is 2.24. The van der Waals surface area contributed by atoms with Crippen LogP contribution >= 0.6 is 0 Å². The molecule has 0 aliphatic rings. The first-order chi connectivity index (χ1) is 12.0. The van der Waals surface area contributed by atoms with Gasteiger partial charge in [0.15, 0.2) is 5.58 Å². The summed E-state index contributed by atoms with van der Waals surface area (Å²) in [5, 5.41) is 2.87. The summed E-state index contributed by atoms with van der Waals surface area (Å²) in [4.78, 5) is 23.9. The number of methoxy groups -OCH3 is 1. The molecule has 6 nitrogen and oxygen atoms in total. The second kappa shape index (κ2) is 6.84. The number of ether oxygens (including phenoxy) is 1. The second-order valence-corrected chi connectivity index (χ2v) is 6.04. The van der Waals surface area contributed by atoms with E-state index in [2.05, 4.69) is 5.32 Å². The quantitative estimate of drug-likeness (QED) is 0.773. The number of nitrogens with one attached hydrogen (secondary N) is 1. The largest absolute Gasteiger partial charge is 0.497 e. The molecule has 2 aromatic carbocycles. The second-order valence-electron chi connectivity index (χ2n) is 6.04. The molecule has 0 bridgehead atoms. The molecule has 1 heterocycles. The molecule has 0 fully saturated rings. The van der Waals surface area contributed by atoms with E-state index in [1.807, 2.05) is 31.2 Å². The topological polar surface area (TPSA) is 73.5 Å². The van der Waals surface area contributed by atoms with Crippen molar-refractivity contribution >= 4 is 22.7 Å². The van der Waals surface area contributed by atoms with E-state index >= 15 is 0 Å². The lowest BCUT2D eigenvalue weighted by Crippen LogP contribution is -2.14. The fourth-order valence-electron chi connectivity index (χ4n) is 2.76. The van der Waals surface area contributed by atoms with Gasteiger partial charge in [-0.15, -0.1) is 0 Å². The number of carbonyl (C=O) groups excluding carboxylic acids is 1. The van der Waals surface area contributed by atoms with Gasteiger partial charge < -0.3 is 14.5 Å². The van der Waals surface area contributed by atoms with Crippen LogP contribution < -0.4 is 15.8 Å². The first-order valence-corrected chi connectivity index (χ1v) is 8.01. The molecule has 0 saturated heterocycles. The van der Waals surface area contributed by atoms with Crippen molar-refractivity contribution < 1.29 is 13.9 Å². The van der Waals surface area contributed by atoms with Gasteiger partial charge in [-0.2, -0.15) is 0 Å². The molecule has 0 radical (unpaired) electrons. The minimum atomic E-state index is -0.426. The van der Waals surface area contributed by atoms with Crippen LogP contribution in [0.1, 0.15) is 24.8 Å². The Bertz CT molecular complexity index is 971.